The Balaban J connectivity index is 1.33. The van der Waals surface area contributed by atoms with Gasteiger partial charge in [0.2, 0.25) is 0 Å². The summed E-state index contributed by atoms with van der Waals surface area (Å²) in [6.07, 6.45) is 7.13. The van der Waals surface area contributed by atoms with Crippen molar-refractivity contribution in [2.45, 2.75) is 38.5 Å². The summed E-state index contributed by atoms with van der Waals surface area (Å²) in [6.45, 7) is 0. The van der Waals surface area contributed by atoms with Gasteiger partial charge in [-0.15, -0.1) is 0 Å². The number of ketones is 1. The van der Waals surface area contributed by atoms with Gasteiger partial charge in [0, 0.05) is 17.4 Å². The van der Waals surface area contributed by atoms with E-state index in [-0.39, 0.29) is 17.5 Å². The number of thiophene rings is 1. The number of carbonyl (C=O) groups excluding carboxylic acids is 1. The molecule has 9 heteroatoms. The minimum atomic E-state index is -0.493. The molecule has 0 amide bonds. The van der Waals surface area contributed by atoms with Gasteiger partial charge >= 0.3 is 0 Å². The van der Waals surface area contributed by atoms with Crippen molar-refractivity contribution in [2.24, 2.45) is 11.8 Å². The van der Waals surface area contributed by atoms with Crippen LogP contribution in [-0.2, 0) is 6.42 Å². The second-order valence-corrected chi connectivity index (χ2v) is 9.13. The smallest absolute Gasteiger partial charge is 0.181 e. The van der Waals surface area contributed by atoms with Crippen LogP contribution in [0.4, 0.5) is 8.78 Å². The summed E-state index contributed by atoms with van der Waals surface area (Å²) < 4.78 is 28.2. The highest BCUT2D eigenvalue weighted by Gasteiger charge is 2.26. The molecule has 5 rings (SSSR count). The number of Topliss-reactive ketones (excluding diaryl/α,β-unsaturated/α-hetero) is 1. The maximum atomic E-state index is 14.6. The summed E-state index contributed by atoms with van der Waals surface area (Å²) in [7, 11) is 0. The molecule has 1 saturated carbocycles. The van der Waals surface area contributed by atoms with E-state index in [2.05, 4.69) is 25.1 Å². The molecular weight excluding hydrogens is 432 g/mol. The van der Waals surface area contributed by atoms with E-state index in [0.29, 0.717) is 41.2 Å². The Kier molecular flexibility index (Phi) is 5.73. The molecule has 0 saturated heterocycles. The highest BCUT2D eigenvalue weighted by atomic mass is 32.1. The fraction of sp³-hybridized carbons (Fsp3) is 0.348. The van der Waals surface area contributed by atoms with Gasteiger partial charge in [0.05, 0.1) is 23.5 Å². The van der Waals surface area contributed by atoms with E-state index in [1.54, 1.807) is 0 Å². The minimum Gasteiger partial charge on any atom is -0.294 e. The first-order valence-electron chi connectivity index (χ1n) is 10.6. The monoisotopic (exact) mass is 453 g/mol. The van der Waals surface area contributed by atoms with Crippen molar-refractivity contribution in [1.29, 1.82) is 0 Å². The maximum Gasteiger partial charge on any atom is 0.181 e. The zero-order valence-corrected chi connectivity index (χ0v) is 18.0. The average molecular weight is 454 g/mol. The third-order valence-corrected chi connectivity index (χ3v) is 6.79. The van der Waals surface area contributed by atoms with Gasteiger partial charge in [-0.2, -0.15) is 16.4 Å². The highest BCUT2D eigenvalue weighted by molar-refractivity contribution is 7.08. The summed E-state index contributed by atoms with van der Waals surface area (Å²) >= 11 is 1.53. The van der Waals surface area contributed by atoms with Crippen LogP contribution in [0, 0.1) is 23.5 Å². The molecule has 32 heavy (non-hydrogen) atoms. The summed E-state index contributed by atoms with van der Waals surface area (Å²) in [6, 6.07) is 3.18. The Hall–Kier alpha value is -3.07. The predicted molar refractivity (Wildman–Crippen MR) is 117 cm³/mol. The first kappa shape index (κ1) is 20.8. The van der Waals surface area contributed by atoms with Gasteiger partial charge in [0.1, 0.15) is 11.5 Å². The molecule has 0 aromatic carbocycles. The molecule has 4 heterocycles. The Labute approximate surface area is 187 Å². The third kappa shape index (κ3) is 4.29. The predicted octanol–water partition coefficient (Wildman–Crippen LogP) is 5.38. The number of H-pyrrole nitrogens is 1. The summed E-state index contributed by atoms with van der Waals surface area (Å²) in [5.74, 6) is 0.0387. The van der Waals surface area contributed by atoms with Gasteiger partial charge in [-0.05, 0) is 48.6 Å². The molecule has 1 fully saturated rings. The maximum absolute atomic E-state index is 14.6. The van der Waals surface area contributed by atoms with Crippen molar-refractivity contribution in [3.63, 3.8) is 0 Å². The Morgan fingerprint density at radius 1 is 1.19 bits per heavy atom. The average Bonchev–Trinajstić information content (AvgIpc) is 3.46. The summed E-state index contributed by atoms with van der Waals surface area (Å²) in [5, 5.41) is 11.1. The van der Waals surface area contributed by atoms with E-state index < -0.39 is 11.6 Å². The minimum absolute atomic E-state index is 0.180. The molecule has 1 N–H and O–H groups in total. The fourth-order valence-electron chi connectivity index (χ4n) is 4.56. The molecule has 0 unspecified atom stereocenters. The largest absolute Gasteiger partial charge is 0.294 e. The van der Waals surface area contributed by atoms with Crippen LogP contribution in [0.3, 0.4) is 0 Å². The van der Waals surface area contributed by atoms with Crippen LogP contribution in [0.25, 0.3) is 22.6 Å². The first-order chi connectivity index (χ1) is 15.6. The van der Waals surface area contributed by atoms with Gasteiger partial charge < -0.3 is 0 Å². The van der Waals surface area contributed by atoms with Crippen molar-refractivity contribution in [3.8, 4) is 11.5 Å². The molecule has 0 aliphatic heterocycles. The fourth-order valence-corrected chi connectivity index (χ4v) is 5.22. The number of carbonyl (C=O) groups is 1. The van der Waals surface area contributed by atoms with Crippen molar-refractivity contribution >= 4 is 28.2 Å². The Bertz CT molecular complexity index is 1260. The lowest BCUT2D eigenvalue weighted by atomic mass is 9.77. The lowest BCUT2D eigenvalue weighted by Crippen LogP contribution is -2.21. The van der Waals surface area contributed by atoms with Crippen LogP contribution in [0.5, 0.6) is 0 Å². The standard InChI is InChI=1S/C23H21F2N5OS/c24-16-9-17-21(29-30-22(17)26-10-16)23-27-11-18(25)19(28-23)7-13-2-1-3-14(6-13)8-20(31)15-4-5-32-12-15/h4-5,9-14H,1-3,6-8H2,(H,26,29,30)/t13-,14+/m0/s1. The van der Waals surface area contributed by atoms with Crippen molar-refractivity contribution in [1.82, 2.24) is 25.1 Å². The highest BCUT2D eigenvalue weighted by Crippen LogP contribution is 2.34. The molecule has 2 atom stereocenters. The van der Waals surface area contributed by atoms with E-state index in [0.717, 1.165) is 43.6 Å². The molecule has 0 spiro atoms. The van der Waals surface area contributed by atoms with Gasteiger partial charge in [-0.25, -0.2) is 23.7 Å². The number of fused-ring (bicyclic) bond motifs is 1. The second-order valence-electron chi connectivity index (χ2n) is 8.35. The SMILES string of the molecule is O=C(C[C@@H]1CCC[C@H](Cc2nc(-c3[nH]nc4ncc(F)cc34)ncc2F)C1)c1ccsc1. The second kappa shape index (κ2) is 8.82. The van der Waals surface area contributed by atoms with Crippen LogP contribution in [0.2, 0.25) is 0 Å². The van der Waals surface area contributed by atoms with Crippen LogP contribution < -0.4 is 0 Å². The lowest BCUT2D eigenvalue weighted by Gasteiger charge is -2.28. The van der Waals surface area contributed by atoms with Gasteiger partial charge in [-0.3, -0.25) is 9.89 Å². The number of hydrogen-bond donors (Lipinski definition) is 1. The van der Waals surface area contributed by atoms with E-state index in [9.17, 15) is 13.6 Å². The molecule has 6 nitrogen and oxygen atoms in total. The number of nitrogens with one attached hydrogen (secondary N) is 1. The summed E-state index contributed by atoms with van der Waals surface area (Å²) in [4.78, 5) is 24.9. The first-order valence-corrected chi connectivity index (χ1v) is 11.6. The molecule has 0 bridgehead atoms. The number of halogens is 2. The molecule has 1 aliphatic rings. The van der Waals surface area contributed by atoms with Crippen LogP contribution in [0.1, 0.15) is 48.2 Å². The molecule has 4 aromatic rings. The Morgan fingerprint density at radius 3 is 2.91 bits per heavy atom. The molecule has 1 aliphatic carbocycles. The molecular formula is C23H21F2N5OS. The third-order valence-electron chi connectivity index (χ3n) is 6.11. The van der Waals surface area contributed by atoms with Crippen molar-refractivity contribution in [3.05, 3.63) is 58.2 Å². The van der Waals surface area contributed by atoms with Gasteiger partial charge in [0.15, 0.2) is 23.1 Å². The quantitative estimate of drug-likeness (QED) is 0.397. The van der Waals surface area contributed by atoms with Crippen LogP contribution >= 0.6 is 11.3 Å². The van der Waals surface area contributed by atoms with Crippen LogP contribution in [0.15, 0.2) is 35.3 Å². The molecule has 164 valence electrons. The number of aromatic amines is 1. The lowest BCUT2D eigenvalue weighted by molar-refractivity contribution is 0.0940. The number of aromatic nitrogens is 5. The van der Waals surface area contributed by atoms with Gasteiger partial charge in [-0.1, -0.05) is 12.8 Å². The number of nitrogens with zero attached hydrogens (tertiary/aromatic N) is 4. The van der Waals surface area contributed by atoms with E-state index >= 15 is 0 Å². The number of pyridine rings is 1. The van der Waals surface area contributed by atoms with Crippen molar-refractivity contribution in [2.75, 3.05) is 0 Å². The zero-order valence-electron chi connectivity index (χ0n) is 17.2. The number of rotatable bonds is 6. The van der Waals surface area contributed by atoms with Crippen molar-refractivity contribution < 1.29 is 13.6 Å². The Morgan fingerprint density at radius 2 is 2.06 bits per heavy atom. The molecule has 0 radical (unpaired) electrons. The topological polar surface area (TPSA) is 84.4 Å². The van der Waals surface area contributed by atoms with Crippen LogP contribution in [-0.4, -0.2) is 30.9 Å². The van der Waals surface area contributed by atoms with Gasteiger partial charge in [0.25, 0.3) is 0 Å². The normalized spacial score (nSPS) is 18.8. The summed E-state index contributed by atoms with van der Waals surface area (Å²) in [5.41, 5.74) is 1.87. The number of hydrogen-bond acceptors (Lipinski definition) is 6. The van der Waals surface area contributed by atoms with E-state index in [4.69, 9.17) is 0 Å². The van der Waals surface area contributed by atoms with E-state index in [1.807, 2.05) is 16.8 Å². The zero-order chi connectivity index (χ0) is 22.1. The van der Waals surface area contributed by atoms with E-state index in [1.165, 1.54) is 17.4 Å². The molecule has 4 aromatic heterocycles.